The number of hydrogen-bond acceptors (Lipinski definition) is 5. The molecule has 1 amide bonds. The van der Waals surface area contributed by atoms with Crippen LogP contribution in [0.2, 0.25) is 0 Å². The largest absolute Gasteiger partial charge is 0.492 e. The number of ether oxygens (including phenoxy) is 1. The minimum atomic E-state index is -0.579. The number of carbonyl (C=O) groups is 1. The third-order valence-corrected chi connectivity index (χ3v) is 2.27. The summed E-state index contributed by atoms with van der Waals surface area (Å²) < 4.78 is 5.43. The second kappa shape index (κ2) is 7.24. The highest BCUT2D eigenvalue weighted by molar-refractivity contribution is 5.92. The second-order valence-electron chi connectivity index (χ2n) is 3.85. The van der Waals surface area contributed by atoms with Gasteiger partial charge in [0.2, 0.25) is 5.91 Å². The highest BCUT2D eigenvalue weighted by atomic mass is 16.5. The van der Waals surface area contributed by atoms with Gasteiger partial charge in [0.1, 0.15) is 18.4 Å². The molecular formula is C13H17N3O3. The van der Waals surface area contributed by atoms with E-state index < -0.39 is 12.5 Å². The summed E-state index contributed by atoms with van der Waals surface area (Å²) in [4.78, 5) is 11.1. The Kier molecular flexibility index (Phi) is 5.64. The lowest BCUT2D eigenvalue weighted by Crippen LogP contribution is -2.17. The van der Waals surface area contributed by atoms with E-state index in [-0.39, 0.29) is 6.04 Å². The first-order chi connectivity index (χ1) is 9.10. The molecule has 0 aliphatic rings. The molecule has 102 valence electrons. The van der Waals surface area contributed by atoms with Gasteiger partial charge in [-0.05, 0) is 32.0 Å². The summed E-state index contributed by atoms with van der Waals surface area (Å²) in [5, 5.41) is 23.0. The van der Waals surface area contributed by atoms with Crippen LogP contribution < -0.4 is 15.4 Å². The van der Waals surface area contributed by atoms with Crippen molar-refractivity contribution in [1.29, 1.82) is 5.26 Å². The topological polar surface area (TPSA) is 94.4 Å². The van der Waals surface area contributed by atoms with Crippen LogP contribution in [0.1, 0.15) is 13.8 Å². The van der Waals surface area contributed by atoms with Crippen LogP contribution in [-0.2, 0) is 4.79 Å². The van der Waals surface area contributed by atoms with Gasteiger partial charge in [-0.15, -0.1) is 0 Å². The first-order valence-corrected chi connectivity index (χ1v) is 5.94. The first kappa shape index (κ1) is 14.8. The van der Waals surface area contributed by atoms with Crippen molar-refractivity contribution in [2.24, 2.45) is 0 Å². The SMILES string of the molecule is CCOc1ccc(NC(=O)CO)cc1NC(C)C#N. The van der Waals surface area contributed by atoms with E-state index in [9.17, 15) is 4.79 Å². The smallest absolute Gasteiger partial charge is 0.250 e. The zero-order valence-electron chi connectivity index (χ0n) is 10.9. The maximum absolute atomic E-state index is 11.1. The van der Waals surface area contributed by atoms with Gasteiger partial charge >= 0.3 is 0 Å². The van der Waals surface area contributed by atoms with Crippen molar-refractivity contribution in [2.45, 2.75) is 19.9 Å². The molecule has 0 spiro atoms. The fourth-order valence-corrected chi connectivity index (χ4v) is 1.47. The molecule has 0 radical (unpaired) electrons. The van der Waals surface area contributed by atoms with Crippen molar-refractivity contribution in [2.75, 3.05) is 23.8 Å². The average molecular weight is 263 g/mol. The lowest BCUT2D eigenvalue weighted by Gasteiger charge is -2.15. The number of anilines is 2. The first-order valence-electron chi connectivity index (χ1n) is 5.94. The number of benzene rings is 1. The Labute approximate surface area is 112 Å². The van der Waals surface area contributed by atoms with E-state index in [2.05, 4.69) is 16.7 Å². The van der Waals surface area contributed by atoms with E-state index in [1.165, 1.54) is 0 Å². The fraction of sp³-hybridized carbons (Fsp3) is 0.385. The molecule has 1 rings (SSSR count). The van der Waals surface area contributed by atoms with Crippen molar-refractivity contribution in [1.82, 2.24) is 0 Å². The van der Waals surface area contributed by atoms with Crippen LogP contribution in [0.5, 0.6) is 5.75 Å². The summed E-state index contributed by atoms with van der Waals surface area (Å²) >= 11 is 0. The lowest BCUT2D eigenvalue weighted by atomic mass is 10.2. The quantitative estimate of drug-likeness (QED) is 0.720. The van der Waals surface area contributed by atoms with Crippen molar-refractivity contribution in [3.8, 4) is 11.8 Å². The molecular weight excluding hydrogens is 246 g/mol. The number of nitrogens with zero attached hydrogens (tertiary/aromatic N) is 1. The van der Waals surface area contributed by atoms with E-state index in [0.29, 0.717) is 23.7 Å². The Morgan fingerprint density at radius 1 is 1.58 bits per heavy atom. The predicted octanol–water partition coefficient (Wildman–Crippen LogP) is 1.34. The molecule has 0 aliphatic heterocycles. The molecule has 6 heteroatoms. The molecule has 0 aromatic heterocycles. The van der Waals surface area contributed by atoms with Gasteiger partial charge < -0.3 is 20.5 Å². The van der Waals surface area contributed by atoms with Gasteiger partial charge in [-0.1, -0.05) is 0 Å². The Morgan fingerprint density at radius 2 is 2.32 bits per heavy atom. The standard InChI is InChI=1S/C13H17N3O3/c1-3-19-12-5-4-10(16-13(18)8-17)6-11(12)15-9(2)7-14/h4-6,9,15,17H,3,8H2,1-2H3,(H,16,18). The monoisotopic (exact) mass is 263 g/mol. The third-order valence-electron chi connectivity index (χ3n) is 2.27. The summed E-state index contributed by atoms with van der Waals surface area (Å²) in [6.45, 7) is 3.50. The van der Waals surface area contributed by atoms with Crippen LogP contribution >= 0.6 is 0 Å². The van der Waals surface area contributed by atoms with Crippen LogP contribution in [0.3, 0.4) is 0 Å². The highest BCUT2D eigenvalue weighted by Crippen LogP contribution is 2.28. The number of aliphatic hydroxyl groups excluding tert-OH is 1. The molecule has 0 fully saturated rings. The molecule has 0 bridgehead atoms. The van der Waals surface area contributed by atoms with Gasteiger partial charge in [0, 0.05) is 5.69 Å². The number of rotatable bonds is 6. The Balaban J connectivity index is 2.97. The van der Waals surface area contributed by atoms with E-state index >= 15 is 0 Å². The Bertz CT molecular complexity index is 483. The lowest BCUT2D eigenvalue weighted by molar-refractivity contribution is -0.118. The Hall–Kier alpha value is -2.26. The third kappa shape index (κ3) is 4.48. The second-order valence-corrected chi connectivity index (χ2v) is 3.85. The van der Waals surface area contributed by atoms with Crippen molar-refractivity contribution in [3.05, 3.63) is 18.2 Å². The summed E-state index contributed by atoms with van der Waals surface area (Å²) in [5.74, 6) is 0.107. The van der Waals surface area contributed by atoms with Crippen molar-refractivity contribution >= 4 is 17.3 Å². The number of nitrogens with one attached hydrogen (secondary N) is 2. The number of aliphatic hydroxyl groups is 1. The molecule has 6 nitrogen and oxygen atoms in total. The highest BCUT2D eigenvalue weighted by Gasteiger charge is 2.09. The molecule has 3 N–H and O–H groups in total. The van der Waals surface area contributed by atoms with Gasteiger partial charge in [-0.2, -0.15) is 5.26 Å². The van der Waals surface area contributed by atoms with Crippen LogP contribution in [0.25, 0.3) is 0 Å². The maximum Gasteiger partial charge on any atom is 0.250 e. The molecule has 0 saturated carbocycles. The Morgan fingerprint density at radius 3 is 2.89 bits per heavy atom. The minimum absolute atomic E-state index is 0.386. The van der Waals surface area contributed by atoms with E-state index in [1.807, 2.05) is 6.92 Å². The summed E-state index contributed by atoms with van der Waals surface area (Å²) in [5.41, 5.74) is 1.14. The van der Waals surface area contributed by atoms with Crippen LogP contribution in [0, 0.1) is 11.3 Å². The zero-order valence-corrected chi connectivity index (χ0v) is 10.9. The van der Waals surface area contributed by atoms with Crippen molar-refractivity contribution < 1.29 is 14.6 Å². The number of amides is 1. The molecule has 0 aliphatic carbocycles. The average Bonchev–Trinajstić information content (AvgIpc) is 2.41. The number of nitriles is 1. The molecule has 1 aromatic carbocycles. The van der Waals surface area contributed by atoms with E-state index in [4.69, 9.17) is 15.1 Å². The van der Waals surface area contributed by atoms with Gasteiger partial charge in [0.25, 0.3) is 0 Å². The van der Waals surface area contributed by atoms with Crippen LogP contribution in [0.4, 0.5) is 11.4 Å². The summed E-state index contributed by atoms with van der Waals surface area (Å²) in [7, 11) is 0. The van der Waals surface area contributed by atoms with Gasteiger partial charge in [0.15, 0.2) is 0 Å². The summed E-state index contributed by atoms with van der Waals surface area (Å²) in [6.07, 6.45) is 0. The number of hydrogen-bond donors (Lipinski definition) is 3. The molecule has 19 heavy (non-hydrogen) atoms. The van der Waals surface area contributed by atoms with E-state index in [1.54, 1.807) is 25.1 Å². The van der Waals surface area contributed by atoms with Crippen LogP contribution in [-0.4, -0.2) is 30.3 Å². The predicted molar refractivity (Wildman–Crippen MR) is 72.0 cm³/mol. The molecule has 1 atom stereocenters. The summed E-state index contributed by atoms with van der Waals surface area (Å²) in [6, 6.07) is 6.70. The molecule has 0 saturated heterocycles. The fourth-order valence-electron chi connectivity index (χ4n) is 1.47. The molecule has 1 aromatic rings. The minimum Gasteiger partial charge on any atom is -0.492 e. The normalized spacial score (nSPS) is 11.3. The van der Waals surface area contributed by atoms with Crippen molar-refractivity contribution in [3.63, 3.8) is 0 Å². The zero-order chi connectivity index (χ0) is 14.3. The molecule has 0 heterocycles. The number of carbonyl (C=O) groups excluding carboxylic acids is 1. The van der Waals surface area contributed by atoms with Gasteiger partial charge in [-0.25, -0.2) is 0 Å². The maximum atomic E-state index is 11.1. The molecule has 1 unspecified atom stereocenters. The van der Waals surface area contributed by atoms with Gasteiger partial charge in [0.05, 0.1) is 18.4 Å². The van der Waals surface area contributed by atoms with Crippen LogP contribution in [0.15, 0.2) is 18.2 Å². The van der Waals surface area contributed by atoms with E-state index in [0.717, 1.165) is 0 Å². The van der Waals surface area contributed by atoms with Gasteiger partial charge in [-0.3, -0.25) is 4.79 Å².